The van der Waals surface area contributed by atoms with Gasteiger partial charge in [0.2, 0.25) is 0 Å². The molecule has 3 heteroatoms. The van der Waals surface area contributed by atoms with Crippen molar-refractivity contribution in [3.8, 4) is 5.75 Å². The van der Waals surface area contributed by atoms with Gasteiger partial charge in [0.15, 0.2) is 0 Å². The monoisotopic (exact) mass is 249 g/mol. The summed E-state index contributed by atoms with van der Waals surface area (Å²) in [5.74, 6) is 0.895. The molecule has 0 aliphatic carbocycles. The molecule has 2 N–H and O–H groups in total. The zero-order chi connectivity index (χ0) is 12.6. The molecule has 0 aromatic heterocycles. The number of nitrogens with two attached hydrogens (primary N) is 1. The number of hydrogen-bond acceptors (Lipinski definition) is 3. The standard InChI is InChI=1S/C15H23NO2/c16-13(6-4-9-14-10-5-11-17-14)12-18-15-7-2-1-3-8-15/h1-3,7-8,13-14H,4-6,9-12,16H2. The lowest BCUT2D eigenvalue weighted by Gasteiger charge is -2.14. The van der Waals surface area contributed by atoms with Crippen LogP contribution in [0.1, 0.15) is 32.1 Å². The summed E-state index contributed by atoms with van der Waals surface area (Å²) in [5.41, 5.74) is 6.04. The molecular formula is C15H23NO2. The van der Waals surface area contributed by atoms with Crippen LogP contribution < -0.4 is 10.5 Å². The minimum atomic E-state index is 0.117. The molecule has 1 fully saturated rings. The third-order valence-electron chi connectivity index (χ3n) is 3.33. The maximum absolute atomic E-state index is 6.04. The summed E-state index contributed by atoms with van der Waals surface area (Å²) in [5, 5.41) is 0. The van der Waals surface area contributed by atoms with Crippen molar-refractivity contribution < 1.29 is 9.47 Å². The summed E-state index contributed by atoms with van der Waals surface area (Å²) < 4.78 is 11.2. The molecule has 0 bridgehead atoms. The van der Waals surface area contributed by atoms with E-state index in [1.54, 1.807) is 0 Å². The summed E-state index contributed by atoms with van der Waals surface area (Å²) in [7, 11) is 0. The second-order valence-corrected chi connectivity index (χ2v) is 4.95. The number of hydrogen-bond donors (Lipinski definition) is 1. The predicted octanol–water partition coefficient (Wildman–Crippen LogP) is 2.74. The Kier molecular flexibility index (Phi) is 5.49. The molecule has 1 aliphatic heterocycles. The van der Waals surface area contributed by atoms with Gasteiger partial charge in [-0.25, -0.2) is 0 Å². The lowest BCUT2D eigenvalue weighted by molar-refractivity contribution is 0.101. The van der Waals surface area contributed by atoms with E-state index < -0.39 is 0 Å². The first-order valence-corrected chi connectivity index (χ1v) is 6.89. The Morgan fingerprint density at radius 2 is 2.17 bits per heavy atom. The predicted molar refractivity (Wildman–Crippen MR) is 72.7 cm³/mol. The van der Waals surface area contributed by atoms with Crippen LogP contribution in [-0.2, 0) is 4.74 Å². The molecule has 2 atom stereocenters. The highest BCUT2D eigenvalue weighted by Gasteiger charge is 2.15. The molecule has 1 aromatic carbocycles. The number of benzene rings is 1. The second-order valence-electron chi connectivity index (χ2n) is 4.95. The van der Waals surface area contributed by atoms with Crippen molar-refractivity contribution in [2.75, 3.05) is 13.2 Å². The zero-order valence-corrected chi connectivity index (χ0v) is 10.9. The second kappa shape index (κ2) is 7.39. The van der Waals surface area contributed by atoms with E-state index in [-0.39, 0.29) is 6.04 Å². The Morgan fingerprint density at radius 1 is 1.33 bits per heavy atom. The average molecular weight is 249 g/mol. The molecule has 0 saturated carbocycles. The van der Waals surface area contributed by atoms with Gasteiger partial charge in [0.1, 0.15) is 12.4 Å². The summed E-state index contributed by atoms with van der Waals surface area (Å²) in [6.07, 6.45) is 6.19. The highest BCUT2D eigenvalue weighted by Crippen LogP contribution is 2.18. The molecule has 3 nitrogen and oxygen atoms in total. The molecule has 1 saturated heterocycles. The van der Waals surface area contributed by atoms with Crippen molar-refractivity contribution in [3.63, 3.8) is 0 Å². The van der Waals surface area contributed by atoms with Gasteiger partial charge in [-0.15, -0.1) is 0 Å². The fourth-order valence-corrected chi connectivity index (χ4v) is 2.28. The number of rotatable bonds is 7. The highest BCUT2D eigenvalue weighted by molar-refractivity contribution is 5.20. The summed E-state index contributed by atoms with van der Waals surface area (Å²) in [6.45, 7) is 1.53. The van der Waals surface area contributed by atoms with Crippen LogP contribution in [0.2, 0.25) is 0 Å². The molecule has 0 amide bonds. The maximum Gasteiger partial charge on any atom is 0.119 e. The van der Waals surface area contributed by atoms with Gasteiger partial charge in [-0.1, -0.05) is 18.2 Å². The topological polar surface area (TPSA) is 44.5 Å². The van der Waals surface area contributed by atoms with Crippen LogP contribution >= 0.6 is 0 Å². The van der Waals surface area contributed by atoms with E-state index in [2.05, 4.69) is 0 Å². The largest absolute Gasteiger partial charge is 0.492 e. The van der Waals surface area contributed by atoms with E-state index in [1.807, 2.05) is 30.3 Å². The minimum Gasteiger partial charge on any atom is -0.492 e. The molecule has 2 unspecified atom stereocenters. The first kappa shape index (κ1) is 13.4. The van der Waals surface area contributed by atoms with Crippen molar-refractivity contribution >= 4 is 0 Å². The number of para-hydroxylation sites is 1. The third-order valence-corrected chi connectivity index (χ3v) is 3.33. The van der Waals surface area contributed by atoms with Crippen LogP contribution in [0.15, 0.2) is 30.3 Å². The first-order valence-electron chi connectivity index (χ1n) is 6.89. The van der Waals surface area contributed by atoms with Crippen molar-refractivity contribution in [1.82, 2.24) is 0 Å². The van der Waals surface area contributed by atoms with Crippen molar-refractivity contribution in [3.05, 3.63) is 30.3 Å². The molecule has 100 valence electrons. The van der Waals surface area contributed by atoms with Gasteiger partial charge in [0, 0.05) is 12.6 Å². The van der Waals surface area contributed by atoms with Gasteiger partial charge >= 0.3 is 0 Å². The highest BCUT2D eigenvalue weighted by atomic mass is 16.5. The Hall–Kier alpha value is -1.06. The van der Waals surface area contributed by atoms with Gasteiger partial charge < -0.3 is 15.2 Å². The molecular weight excluding hydrogens is 226 g/mol. The van der Waals surface area contributed by atoms with Crippen molar-refractivity contribution in [2.24, 2.45) is 5.73 Å². The summed E-state index contributed by atoms with van der Waals surface area (Å²) in [4.78, 5) is 0. The van der Waals surface area contributed by atoms with E-state index >= 15 is 0 Å². The van der Waals surface area contributed by atoms with E-state index in [0.29, 0.717) is 12.7 Å². The van der Waals surface area contributed by atoms with Crippen LogP contribution in [0.5, 0.6) is 5.75 Å². The molecule has 18 heavy (non-hydrogen) atoms. The van der Waals surface area contributed by atoms with Gasteiger partial charge in [0.25, 0.3) is 0 Å². The average Bonchev–Trinajstić information content (AvgIpc) is 2.91. The van der Waals surface area contributed by atoms with Gasteiger partial charge in [-0.05, 0) is 44.2 Å². The molecule has 0 radical (unpaired) electrons. The first-order chi connectivity index (χ1) is 8.84. The van der Waals surface area contributed by atoms with Crippen LogP contribution in [-0.4, -0.2) is 25.4 Å². The van der Waals surface area contributed by atoms with E-state index in [1.165, 1.54) is 12.8 Å². The van der Waals surface area contributed by atoms with Crippen molar-refractivity contribution in [1.29, 1.82) is 0 Å². The van der Waals surface area contributed by atoms with Crippen LogP contribution in [0.3, 0.4) is 0 Å². The molecule has 0 spiro atoms. The van der Waals surface area contributed by atoms with E-state index in [9.17, 15) is 0 Å². The van der Waals surface area contributed by atoms with Gasteiger partial charge in [0.05, 0.1) is 6.10 Å². The van der Waals surface area contributed by atoms with Crippen LogP contribution in [0.4, 0.5) is 0 Å². The summed E-state index contributed by atoms with van der Waals surface area (Å²) >= 11 is 0. The SMILES string of the molecule is NC(CCCC1CCCO1)COc1ccccc1. The maximum atomic E-state index is 6.04. The van der Waals surface area contributed by atoms with Crippen molar-refractivity contribution in [2.45, 2.75) is 44.2 Å². The van der Waals surface area contributed by atoms with Gasteiger partial charge in [-0.2, -0.15) is 0 Å². The Morgan fingerprint density at radius 3 is 2.89 bits per heavy atom. The lowest BCUT2D eigenvalue weighted by atomic mass is 10.1. The molecule has 1 aliphatic rings. The number of ether oxygens (including phenoxy) is 2. The van der Waals surface area contributed by atoms with Crippen LogP contribution in [0.25, 0.3) is 0 Å². The normalized spacial score (nSPS) is 20.8. The smallest absolute Gasteiger partial charge is 0.119 e. The minimum absolute atomic E-state index is 0.117. The van der Waals surface area contributed by atoms with E-state index in [4.69, 9.17) is 15.2 Å². The fraction of sp³-hybridized carbons (Fsp3) is 0.600. The molecule has 1 aromatic rings. The summed E-state index contributed by atoms with van der Waals surface area (Å²) in [6, 6.07) is 9.95. The lowest BCUT2D eigenvalue weighted by Crippen LogP contribution is -2.28. The quantitative estimate of drug-likeness (QED) is 0.808. The third kappa shape index (κ3) is 4.67. The fourth-order valence-electron chi connectivity index (χ4n) is 2.28. The Bertz CT molecular complexity index is 323. The zero-order valence-electron chi connectivity index (χ0n) is 10.9. The molecule has 2 rings (SSSR count). The van der Waals surface area contributed by atoms with Gasteiger partial charge in [-0.3, -0.25) is 0 Å². The Labute approximate surface area is 109 Å². The molecule has 1 heterocycles. The van der Waals surface area contributed by atoms with Crippen LogP contribution in [0, 0.1) is 0 Å². The Balaban J connectivity index is 1.56. The van der Waals surface area contributed by atoms with E-state index in [0.717, 1.165) is 31.6 Å².